The number of aromatic nitrogens is 2. The summed E-state index contributed by atoms with van der Waals surface area (Å²) >= 11 is 0. The van der Waals surface area contributed by atoms with Gasteiger partial charge in [-0.15, -0.1) is 0 Å². The molecule has 6 nitrogen and oxygen atoms in total. The molecule has 1 unspecified atom stereocenters. The van der Waals surface area contributed by atoms with Crippen LogP contribution in [0.5, 0.6) is 0 Å². The van der Waals surface area contributed by atoms with E-state index in [2.05, 4.69) is 4.98 Å². The molecule has 1 aromatic heterocycles. The van der Waals surface area contributed by atoms with Crippen LogP contribution in [0.2, 0.25) is 0 Å². The summed E-state index contributed by atoms with van der Waals surface area (Å²) in [6.45, 7) is 2.32. The van der Waals surface area contributed by atoms with Gasteiger partial charge >= 0.3 is 5.97 Å². The normalized spacial score (nSPS) is 17.6. The molecule has 0 spiro atoms. The van der Waals surface area contributed by atoms with Crippen LogP contribution in [0.15, 0.2) is 41.3 Å². The Balaban J connectivity index is 1.94. The van der Waals surface area contributed by atoms with Crippen molar-refractivity contribution in [3.63, 3.8) is 0 Å². The molecule has 120 valence electrons. The number of aliphatic hydroxyl groups is 1. The van der Waals surface area contributed by atoms with Crippen molar-refractivity contribution in [1.29, 1.82) is 0 Å². The molecule has 1 N–H and O–H groups in total. The number of carbonyl (C=O) groups excluding carboxylic acids is 1. The van der Waals surface area contributed by atoms with Crippen molar-refractivity contribution in [3.8, 4) is 0 Å². The number of ether oxygens (including phenoxy) is 1. The zero-order valence-corrected chi connectivity index (χ0v) is 12.8. The number of nitrogens with zero attached hydrogens (tertiary/aromatic N) is 2. The van der Waals surface area contributed by atoms with E-state index in [9.17, 15) is 14.7 Å². The maximum absolute atomic E-state index is 12.4. The van der Waals surface area contributed by atoms with E-state index in [0.717, 1.165) is 5.56 Å². The number of carbonyl (C=O) groups is 1. The van der Waals surface area contributed by atoms with Crippen LogP contribution in [0.4, 0.5) is 0 Å². The second-order valence-electron chi connectivity index (χ2n) is 5.46. The van der Waals surface area contributed by atoms with Crippen LogP contribution in [0.25, 0.3) is 0 Å². The first kappa shape index (κ1) is 15.4. The van der Waals surface area contributed by atoms with E-state index in [1.54, 1.807) is 6.92 Å². The van der Waals surface area contributed by atoms with E-state index in [-0.39, 0.29) is 18.1 Å². The van der Waals surface area contributed by atoms with Gasteiger partial charge in [-0.2, -0.15) is 0 Å². The summed E-state index contributed by atoms with van der Waals surface area (Å²) in [5.74, 6) is -0.409. The largest absolute Gasteiger partial charge is 0.462 e. The van der Waals surface area contributed by atoms with Gasteiger partial charge in [-0.25, -0.2) is 9.78 Å². The quantitative estimate of drug-likeness (QED) is 0.868. The fourth-order valence-corrected chi connectivity index (χ4v) is 2.94. The van der Waals surface area contributed by atoms with Crippen LogP contribution >= 0.6 is 0 Å². The Morgan fingerprint density at radius 1 is 1.43 bits per heavy atom. The highest BCUT2D eigenvalue weighted by molar-refractivity contribution is 5.88. The molecular formula is C17H18N2O4. The van der Waals surface area contributed by atoms with E-state index < -0.39 is 17.6 Å². The standard InChI is InChI=1S/C17H18N2O4/c1-2-23-17(22)13-10-18-15-12(8-9-19(15)16(13)21)14(20)11-6-4-3-5-7-11/h3-7,10,12,14,20H,2,8-9H2,1H3/t12-,14?/m0/s1. The first-order chi connectivity index (χ1) is 11.1. The summed E-state index contributed by atoms with van der Waals surface area (Å²) in [6.07, 6.45) is 1.12. The lowest BCUT2D eigenvalue weighted by Crippen LogP contribution is -2.28. The topological polar surface area (TPSA) is 81.4 Å². The molecule has 0 fully saturated rings. The fourth-order valence-electron chi connectivity index (χ4n) is 2.94. The molecule has 0 saturated carbocycles. The molecule has 0 aliphatic carbocycles. The smallest absolute Gasteiger partial charge is 0.345 e. The monoisotopic (exact) mass is 314 g/mol. The molecule has 2 atom stereocenters. The van der Waals surface area contributed by atoms with E-state index in [0.29, 0.717) is 18.8 Å². The van der Waals surface area contributed by atoms with Crippen molar-refractivity contribution >= 4 is 5.97 Å². The maximum atomic E-state index is 12.4. The molecular weight excluding hydrogens is 296 g/mol. The minimum absolute atomic E-state index is 0.0644. The molecule has 23 heavy (non-hydrogen) atoms. The van der Waals surface area contributed by atoms with Crippen molar-refractivity contribution in [3.05, 3.63) is 63.8 Å². The van der Waals surface area contributed by atoms with Crippen molar-refractivity contribution in [2.45, 2.75) is 31.9 Å². The van der Waals surface area contributed by atoms with Crippen LogP contribution in [-0.4, -0.2) is 27.2 Å². The van der Waals surface area contributed by atoms with E-state index in [1.807, 2.05) is 30.3 Å². The van der Waals surface area contributed by atoms with Crippen LogP contribution in [0.1, 0.15) is 47.1 Å². The molecule has 2 heterocycles. The van der Waals surface area contributed by atoms with Crippen molar-refractivity contribution in [1.82, 2.24) is 9.55 Å². The maximum Gasteiger partial charge on any atom is 0.345 e. The molecule has 1 aliphatic rings. The molecule has 2 aromatic rings. The summed E-state index contributed by atoms with van der Waals surface area (Å²) in [4.78, 5) is 28.5. The second-order valence-corrected chi connectivity index (χ2v) is 5.46. The van der Waals surface area contributed by atoms with Gasteiger partial charge in [0.25, 0.3) is 5.56 Å². The Labute approximate surface area is 133 Å². The number of rotatable bonds is 4. The van der Waals surface area contributed by atoms with E-state index in [1.165, 1.54) is 10.8 Å². The predicted molar refractivity (Wildman–Crippen MR) is 83.2 cm³/mol. The van der Waals surface area contributed by atoms with E-state index >= 15 is 0 Å². The highest BCUT2D eigenvalue weighted by Crippen LogP contribution is 2.36. The van der Waals surface area contributed by atoms with Gasteiger partial charge in [-0.05, 0) is 18.9 Å². The molecule has 0 bridgehead atoms. The van der Waals surface area contributed by atoms with Crippen LogP contribution in [0.3, 0.4) is 0 Å². The van der Waals surface area contributed by atoms with Crippen LogP contribution in [0, 0.1) is 0 Å². The predicted octanol–water partition coefficient (Wildman–Crippen LogP) is 1.64. The minimum atomic E-state index is -0.731. The Morgan fingerprint density at radius 3 is 2.87 bits per heavy atom. The third-order valence-electron chi connectivity index (χ3n) is 4.09. The first-order valence-corrected chi connectivity index (χ1v) is 7.63. The summed E-state index contributed by atoms with van der Waals surface area (Å²) < 4.78 is 6.33. The summed E-state index contributed by atoms with van der Waals surface area (Å²) in [5.41, 5.74) is 0.316. The average molecular weight is 314 g/mol. The fraction of sp³-hybridized carbons (Fsp3) is 0.353. The summed E-state index contributed by atoms with van der Waals surface area (Å²) in [6, 6.07) is 9.29. The number of benzene rings is 1. The van der Waals surface area contributed by atoms with Gasteiger partial charge in [0.2, 0.25) is 0 Å². The third kappa shape index (κ3) is 2.77. The van der Waals surface area contributed by atoms with Crippen LogP contribution in [-0.2, 0) is 11.3 Å². The number of aliphatic hydroxyl groups excluding tert-OH is 1. The van der Waals surface area contributed by atoms with Gasteiger partial charge in [0, 0.05) is 18.7 Å². The number of esters is 1. The first-order valence-electron chi connectivity index (χ1n) is 7.63. The summed E-state index contributed by atoms with van der Waals surface area (Å²) in [5, 5.41) is 10.6. The lowest BCUT2D eigenvalue weighted by Gasteiger charge is -2.18. The summed E-state index contributed by atoms with van der Waals surface area (Å²) in [7, 11) is 0. The Morgan fingerprint density at radius 2 is 2.17 bits per heavy atom. The second kappa shape index (κ2) is 6.34. The van der Waals surface area contributed by atoms with Crippen molar-refractivity contribution < 1.29 is 14.6 Å². The molecule has 0 radical (unpaired) electrons. The van der Waals surface area contributed by atoms with Crippen LogP contribution < -0.4 is 5.56 Å². The lowest BCUT2D eigenvalue weighted by atomic mass is 9.94. The van der Waals surface area contributed by atoms with Gasteiger partial charge in [-0.3, -0.25) is 9.36 Å². The molecule has 1 aliphatic heterocycles. The molecule has 0 amide bonds. The Hall–Kier alpha value is -2.47. The van der Waals surface area contributed by atoms with Crippen molar-refractivity contribution in [2.24, 2.45) is 0 Å². The SMILES string of the molecule is CCOC(=O)c1cnc2n(c1=O)CC[C@H]2C(O)c1ccccc1. The zero-order chi connectivity index (χ0) is 16.4. The van der Waals surface area contributed by atoms with Crippen molar-refractivity contribution in [2.75, 3.05) is 6.61 Å². The van der Waals surface area contributed by atoms with Gasteiger partial charge in [0.1, 0.15) is 11.4 Å². The minimum Gasteiger partial charge on any atom is -0.462 e. The van der Waals surface area contributed by atoms with E-state index in [4.69, 9.17) is 4.74 Å². The Bertz CT molecular complexity index is 770. The number of hydrogen-bond acceptors (Lipinski definition) is 5. The number of fused-ring (bicyclic) bond motifs is 1. The average Bonchev–Trinajstić information content (AvgIpc) is 3.00. The molecule has 1 aromatic carbocycles. The lowest BCUT2D eigenvalue weighted by molar-refractivity contribution is 0.0523. The van der Waals surface area contributed by atoms with Gasteiger partial charge in [0.15, 0.2) is 0 Å². The Kier molecular flexibility index (Phi) is 4.25. The molecule has 0 saturated heterocycles. The van der Waals surface area contributed by atoms with Gasteiger partial charge in [-0.1, -0.05) is 30.3 Å². The highest BCUT2D eigenvalue weighted by atomic mass is 16.5. The van der Waals surface area contributed by atoms with Gasteiger partial charge in [0.05, 0.1) is 12.7 Å². The molecule has 3 rings (SSSR count). The third-order valence-corrected chi connectivity index (χ3v) is 4.09. The molecule has 6 heteroatoms. The zero-order valence-electron chi connectivity index (χ0n) is 12.8. The number of hydrogen-bond donors (Lipinski definition) is 1. The van der Waals surface area contributed by atoms with Gasteiger partial charge < -0.3 is 9.84 Å². The highest BCUT2D eigenvalue weighted by Gasteiger charge is 2.33.